The van der Waals surface area contributed by atoms with E-state index in [9.17, 15) is 9.59 Å². The summed E-state index contributed by atoms with van der Waals surface area (Å²) in [5, 5.41) is 6.94. The van der Waals surface area contributed by atoms with Gasteiger partial charge >= 0.3 is 11.8 Å². The molecule has 0 saturated heterocycles. The summed E-state index contributed by atoms with van der Waals surface area (Å²) >= 11 is 5.80. The Kier molecular flexibility index (Phi) is 7.64. The van der Waals surface area contributed by atoms with Gasteiger partial charge in [-0.25, -0.2) is 5.43 Å². The number of nitrogens with zero attached hydrogens (tertiary/aromatic N) is 1. The second kappa shape index (κ2) is 10.2. The average molecular weight is 374 g/mol. The van der Waals surface area contributed by atoms with Crippen LogP contribution < -0.4 is 15.5 Å². The standard InChI is InChI=1S/C19H20ClN3O3/c1-2-11-26-17-6-4-3-5-15(17)13-22-23-19(25)18(24)21-12-14-7-9-16(20)10-8-14/h3-10,13H,2,11-12H2,1H3,(H,21,24)(H,23,25)/b22-13-. The van der Waals surface area contributed by atoms with E-state index in [1.807, 2.05) is 25.1 Å². The number of hydrogen-bond donors (Lipinski definition) is 2. The van der Waals surface area contributed by atoms with Crippen LogP contribution in [0.1, 0.15) is 24.5 Å². The summed E-state index contributed by atoms with van der Waals surface area (Å²) in [6.07, 6.45) is 2.32. The van der Waals surface area contributed by atoms with E-state index in [2.05, 4.69) is 15.8 Å². The average Bonchev–Trinajstić information content (AvgIpc) is 2.66. The van der Waals surface area contributed by atoms with E-state index in [0.717, 1.165) is 12.0 Å². The maximum absolute atomic E-state index is 11.8. The summed E-state index contributed by atoms with van der Waals surface area (Å²) in [6.45, 7) is 2.82. The van der Waals surface area contributed by atoms with Gasteiger partial charge in [0.25, 0.3) is 0 Å². The van der Waals surface area contributed by atoms with Gasteiger partial charge in [-0.15, -0.1) is 0 Å². The SMILES string of the molecule is CCCOc1ccccc1/C=N\NC(=O)C(=O)NCc1ccc(Cl)cc1. The van der Waals surface area contributed by atoms with Gasteiger partial charge in [0.05, 0.1) is 12.8 Å². The summed E-state index contributed by atoms with van der Waals surface area (Å²) in [7, 11) is 0. The van der Waals surface area contributed by atoms with Gasteiger partial charge in [-0.1, -0.05) is 42.8 Å². The topological polar surface area (TPSA) is 79.8 Å². The molecule has 2 aromatic carbocycles. The molecule has 0 aromatic heterocycles. The monoisotopic (exact) mass is 373 g/mol. The maximum atomic E-state index is 11.8. The number of ether oxygens (including phenoxy) is 1. The van der Waals surface area contributed by atoms with Crippen LogP contribution in [0.4, 0.5) is 0 Å². The third-order valence-electron chi connectivity index (χ3n) is 3.32. The fourth-order valence-electron chi connectivity index (χ4n) is 2.01. The second-order valence-electron chi connectivity index (χ2n) is 5.39. The lowest BCUT2D eigenvalue weighted by Crippen LogP contribution is -2.37. The molecule has 26 heavy (non-hydrogen) atoms. The van der Waals surface area contributed by atoms with Crippen molar-refractivity contribution in [2.24, 2.45) is 5.10 Å². The predicted octanol–water partition coefficient (Wildman–Crippen LogP) is 2.90. The Labute approximate surface area is 157 Å². The summed E-state index contributed by atoms with van der Waals surface area (Å²) in [4.78, 5) is 23.6. The van der Waals surface area contributed by atoms with Crippen LogP contribution in [0, 0.1) is 0 Å². The van der Waals surface area contributed by atoms with Crippen molar-refractivity contribution in [1.82, 2.24) is 10.7 Å². The minimum atomic E-state index is -0.845. The van der Waals surface area contributed by atoms with Crippen molar-refractivity contribution in [2.75, 3.05) is 6.61 Å². The fourth-order valence-corrected chi connectivity index (χ4v) is 2.13. The lowest BCUT2D eigenvalue weighted by atomic mass is 10.2. The Hall–Kier alpha value is -2.86. The molecule has 2 N–H and O–H groups in total. The van der Waals surface area contributed by atoms with Gasteiger partial charge in [0.1, 0.15) is 5.75 Å². The first-order valence-electron chi connectivity index (χ1n) is 8.17. The zero-order valence-corrected chi connectivity index (χ0v) is 15.1. The third-order valence-corrected chi connectivity index (χ3v) is 3.57. The Morgan fingerprint density at radius 3 is 2.58 bits per heavy atom. The molecule has 0 aliphatic rings. The van der Waals surface area contributed by atoms with Crippen molar-refractivity contribution in [2.45, 2.75) is 19.9 Å². The fraction of sp³-hybridized carbons (Fsp3) is 0.211. The van der Waals surface area contributed by atoms with Crippen LogP contribution in [0.25, 0.3) is 0 Å². The number of hydrogen-bond acceptors (Lipinski definition) is 4. The molecule has 0 atom stereocenters. The van der Waals surface area contributed by atoms with Gasteiger partial charge < -0.3 is 10.1 Å². The van der Waals surface area contributed by atoms with Gasteiger partial charge in [0, 0.05) is 17.1 Å². The number of carbonyl (C=O) groups excluding carboxylic acids is 2. The van der Waals surface area contributed by atoms with E-state index in [0.29, 0.717) is 22.9 Å². The highest BCUT2D eigenvalue weighted by molar-refractivity contribution is 6.35. The van der Waals surface area contributed by atoms with Crippen LogP contribution in [-0.4, -0.2) is 24.6 Å². The third kappa shape index (κ3) is 6.22. The molecule has 0 fully saturated rings. The molecule has 2 amide bonds. The van der Waals surface area contributed by atoms with Crippen LogP contribution in [0.3, 0.4) is 0 Å². The number of amides is 2. The maximum Gasteiger partial charge on any atom is 0.329 e. The highest BCUT2D eigenvalue weighted by Crippen LogP contribution is 2.15. The molecular formula is C19H20ClN3O3. The molecule has 0 radical (unpaired) electrons. The molecule has 2 aromatic rings. The van der Waals surface area contributed by atoms with Crippen molar-refractivity contribution in [3.05, 3.63) is 64.7 Å². The Balaban J connectivity index is 1.84. The first kappa shape index (κ1) is 19.5. The number of halogens is 1. The van der Waals surface area contributed by atoms with Crippen LogP contribution in [0.2, 0.25) is 5.02 Å². The van der Waals surface area contributed by atoms with Crippen molar-refractivity contribution < 1.29 is 14.3 Å². The Morgan fingerprint density at radius 2 is 1.85 bits per heavy atom. The van der Waals surface area contributed by atoms with Gasteiger partial charge in [-0.05, 0) is 36.2 Å². The summed E-state index contributed by atoms with van der Waals surface area (Å²) in [6, 6.07) is 14.3. The predicted molar refractivity (Wildman–Crippen MR) is 101 cm³/mol. The van der Waals surface area contributed by atoms with Gasteiger partial charge in [-0.3, -0.25) is 9.59 Å². The van der Waals surface area contributed by atoms with Crippen LogP contribution >= 0.6 is 11.6 Å². The zero-order chi connectivity index (χ0) is 18.8. The number of benzene rings is 2. The van der Waals surface area contributed by atoms with E-state index in [1.165, 1.54) is 6.21 Å². The van der Waals surface area contributed by atoms with E-state index < -0.39 is 11.8 Å². The van der Waals surface area contributed by atoms with Crippen molar-refractivity contribution in [3.63, 3.8) is 0 Å². The van der Waals surface area contributed by atoms with E-state index in [1.54, 1.807) is 30.3 Å². The number of hydrazone groups is 1. The molecule has 0 aliphatic heterocycles. The molecular weight excluding hydrogens is 354 g/mol. The minimum Gasteiger partial charge on any atom is -0.493 e. The molecule has 0 aliphatic carbocycles. The first-order chi connectivity index (χ1) is 12.6. The molecule has 2 rings (SSSR count). The molecule has 6 nitrogen and oxygen atoms in total. The smallest absolute Gasteiger partial charge is 0.329 e. The molecule has 0 unspecified atom stereocenters. The number of para-hydroxylation sites is 1. The quantitative estimate of drug-likeness (QED) is 0.445. The second-order valence-corrected chi connectivity index (χ2v) is 5.83. The van der Waals surface area contributed by atoms with Gasteiger partial charge in [0.2, 0.25) is 0 Å². The summed E-state index contributed by atoms with van der Waals surface area (Å²) in [5.74, 6) is -0.950. The van der Waals surface area contributed by atoms with E-state index in [4.69, 9.17) is 16.3 Å². The van der Waals surface area contributed by atoms with Crippen molar-refractivity contribution in [1.29, 1.82) is 0 Å². The van der Waals surface area contributed by atoms with E-state index >= 15 is 0 Å². The normalized spacial score (nSPS) is 10.5. The number of carbonyl (C=O) groups is 2. The molecule has 0 heterocycles. The minimum absolute atomic E-state index is 0.223. The highest BCUT2D eigenvalue weighted by atomic mass is 35.5. The van der Waals surface area contributed by atoms with Crippen molar-refractivity contribution in [3.8, 4) is 5.75 Å². The molecule has 7 heteroatoms. The summed E-state index contributed by atoms with van der Waals surface area (Å²) < 4.78 is 5.59. The molecule has 0 spiro atoms. The molecule has 136 valence electrons. The summed E-state index contributed by atoms with van der Waals surface area (Å²) in [5.41, 5.74) is 3.75. The highest BCUT2D eigenvalue weighted by Gasteiger charge is 2.12. The zero-order valence-electron chi connectivity index (χ0n) is 14.4. The largest absolute Gasteiger partial charge is 0.493 e. The van der Waals surface area contributed by atoms with E-state index in [-0.39, 0.29) is 6.54 Å². The number of nitrogens with one attached hydrogen (secondary N) is 2. The van der Waals surface area contributed by atoms with Crippen LogP contribution in [-0.2, 0) is 16.1 Å². The van der Waals surface area contributed by atoms with Crippen LogP contribution in [0.5, 0.6) is 5.75 Å². The molecule has 0 saturated carbocycles. The molecule has 0 bridgehead atoms. The van der Waals surface area contributed by atoms with Gasteiger partial charge in [-0.2, -0.15) is 5.10 Å². The Morgan fingerprint density at radius 1 is 1.12 bits per heavy atom. The number of rotatable bonds is 7. The van der Waals surface area contributed by atoms with Crippen molar-refractivity contribution >= 4 is 29.6 Å². The Bertz CT molecular complexity index is 776. The first-order valence-corrected chi connectivity index (χ1v) is 8.55. The lowest BCUT2D eigenvalue weighted by Gasteiger charge is -2.07. The van der Waals surface area contributed by atoms with Gasteiger partial charge in [0.15, 0.2) is 0 Å². The lowest BCUT2D eigenvalue weighted by molar-refractivity contribution is -0.139. The van der Waals surface area contributed by atoms with Crippen LogP contribution in [0.15, 0.2) is 53.6 Å².